The lowest BCUT2D eigenvalue weighted by Crippen LogP contribution is -1.98. The molecule has 0 radical (unpaired) electrons. The zero-order valence-corrected chi connectivity index (χ0v) is 15.6. The summed E-state index contributed by atoms with van der Waals surface area (Å²) in [5.41, 5.74) is 1.67. The van der Waals surface area contributed by atoms with E-state index in [9.17, 15) is 0 Å². The van der Waals surface area contributed by atoms with Crippen molar-refractivity contribution < 1.29 is 9.47 Å². The van der Waals surface area contributed by atoms with Crippen LogP contribution < -0.4 is 14.8 Å². The van der Waals surface area contributed by atoms with E-state index in [0.29, 0.717) is 17.3 Å². The summed E-state index contributed by atoms with van der Waals surface area (Å²) in [6, 6.07) is 9.56. The number of hydrogen-bond donors (Lipinski definition) is 1. The van der Waals surface area contributed by atoms with Crippen LogP contribution in [0.5, 0.6) is 11.5 Å². The number of halogens is 2. The van der Waals surface area contributed by atoms with E-state index >= 15 is 0 Å². The third kappa shape index (κ3) is 3.11. The molecule has 0 bridgehead atoms. The first-order chi connectivity index (χ1) is 11.1. The fourth-order valence-electron chi connectivity index (χ4n) is 2.21. The van der Waals surface area contributed by atoms with E-state index in [-0.39, 0.29) is 0 Å². The molecule has 0 aliphatic carbocycles. The highest BCUT2D eigenvalue weighted by Crippen LogP contribution is 2.36. The first-order valence-corrected chi connectivity index (χ1v) is 8.30. The number of benzene rings is 2. The monoisotopic (exact) mass is 437 g/mol. The number of aromatic nitrogens is 2. The minimum atomic E-state index is 0.631. The minimum absolute atomic E-state index is 0.631. The Labute approximate surface area is 150 Å². The lowest BCUT2D eigenvalue weighted by molar-refractivity contribution is 0.356. The van der Waals surface area contributed by atoms with Crippen LogP contribution in [0.2, 0.25) is 0 Å². The zero-order valence-electron chi connectivity index (χ0n) is 12.4. The number of fused-ring (bicyclic) bond motifs is 1. The van der Waals surface area contributed by atoms with Gasteiger partial charge in [0.2, 0.25) is 0 Å². The third-order valence-electron chi connectivity index (χ3n) is 3.35. The topological polar surface area (TPSA) is 56.3 Å². The Kier molecular flexibility index (Phi) is 4.68. The predicted octanol–water partition coefficient (Wildman–Crippen LogP) is 4.92. The molecule has 0 fully saturated rings. The van der Waals surface area contributed by atoms with Crippen molar-refractivity contribution >= 4 is 54.3 Å². The molecule has 0 amide bonds. The van der Waals surface area contributed by atoms with Crippen LogP contribution in [-0.2, 0) is 0 Å². The summed E-state index contributed by atoms with van der Waals surface area (Å²) < 4.78 is 12.6. The summed E-state index contributed by atoms with van der Waals surface area (Å²) in [5.74, 6) is 1.95. The van der Waals surface area contributed by atoms with Crippen LogP contribution in [0.25, 0.3) is 10.9 Å². The Morgan fingerprint density at radius 1 is 1.00 bits per heavy atom. The third-order valence-corrected chi connectivity index (χ3v) is 5.39. The van der Waals surface area contributed by atoms with Gasteiger partial charge in [0.05, 0.1) is 29.9 Å². The van der Waals surface area contributed by atoms with Crippen LogP contribution in [-0.4, -0.2) is 24.2 Å². The van der Waals surface area contributed by atoms with Crippen molar-refractivity contribution in [1.29, 1.82) is 0 Å². The van der Waals surface area contributed by atoms with Gasteiger partial charge >= 0.3 is 0 Å². The Morgan fingerprint density at radius 2 is 1.74 bits per heavy atom. The molecule has 3 aromatic rings. The number of nitrogens with zero attached hydrogens (tertiary/aromatic N) is 2. The molecule has 1 heterocycles. The SMILES string of the molecule is COc1cc2ncnc(Nc3cccc(Br)c3Br)c2cc1OC. The fraction of sp³-hybridized carbons (Fsp3) is 0.125. The quantitative estimate of drug-likeness (QED) is 0.626. The maximum absolute atomic E-state index is 5.37. The van der Waals surface area contributed by atoms with Gasteiger partial charge in [-0.2, -0.15) is 0 Å². The summed E-state index contributed by atoms with van der Waals surface area (Å²) in [5, 5.41) is 4.16. The molecule has 0 aliphatic rings. The second-order valence-corrected chi connectivity index (χ2v) is 6.32. The first kappa shape index (κ1) is 16.0. The highest BCUT2D eigenvalue weighted by molar-refractivity contribution is 9.13. The molecule has 0 aliphatic heterocycles. The Balaban J connectivity index is 2.12. The van der Waals surface area contributed by atoms with Crippen molar-refractivity contribution in [2.24, 2.45) is 0 Å². The van der Waals surface area contributed by atoms with Gasteiger partial charge in [0.25, 0.3) is 0 Å². The van der Waals surface area contributed by atoms with E-state index in [4.69, 9.17) is 9.47 Å². The number of ether oxygens (including phenoxy) is 2. The highest BCUT2D eigenvalue weighted by atomic mass is 79.9. The summed E-state index contributed by atoms with van der Waals surface area (Å²) >= 11 is 7.05. The van der Waals surface area contributed by atoms with E-state index in [1.54, 1.807) is 14.2 Å². The normalized spacial score (nSPS) is 10.6. The van der Waals surface area contributed by atoms with E-state index in [0.717, 1.165) is 25.5 Å². The molecule has 0 saturated heterocycles. The van der Waals surface area contributed by atoms with Gasteiger partial charge < -0.3 is 14.8 Å². The number of methoxy groups -OCH3 is 2. The van der Waals surface area contributed by atoms with Crippen LogP contribution in [0.15, 0.2) is 45.6 Å². The second-order valence-electron chi connectivity index (χ2n) is 4.67. The van der Waals surface area contributed by atoms with Crippen molar-refractivity contribution in [3.8, 4) is 11.5 Å². The summed E-state index contributed by atoms with van der Waals surface area (Å²) in [6.45, 7) is 0. The van der Waals surface area contributed by atoms with Crippen molar-refractivity contribution in [1.82, 2.24) is 9.97 Å². The van der Waals surface area contributed by atoms with Gasteiger partial charge in [-0.15, -0.1) is 0 Å². The Morgan fingerprint density at radius 3 is 2.48 bits per heavy atom. The van der Waals surface area contributed by atoms with Gasteiger partial charge in [0.15, 0.2) is 11.5 Å². The molecule has 1 N–H and O–H groups in total. The molecule has 5 nitrogen and oxygen atoms in total. The number of anilines is 2. The standard InChI is InChI=1S/C16H13Br2N3O2/c1-22-13-6-9-12(7-14(13)23-2)19-8-20-16(9)21-11-5-3-4-10(17)15(11)18/h3-8H,1-2H3,(H,19,20,21). The predicted molar refractivity (Wildman–Crippen MR) is 97.8 cm³/mol. The van der Waals surface area contributed by atoms with Crippen LogP contribution in [0, 0.1) is 0 Å². The second kappa shape index (κ2) is 6.72. The molecule has 23 heavy (non-hydrogen) atoms. The molecule has 7 heteroatoms. The smallest absolute Gasteiger partial charge is 0.162 e. The van der Waals surface area contributed by atoms with Crippen LogP contribution >= 0.6 is 31.9 Å². The average molecular weight is 439 g/mol. The summed E-state index contributed by atoms with van der Waals surface area (Å²) in [6.07, 6.45) is 1.52. The van der Waals surface area contributed by atoms with Gasteiger partial charge in [-0.25, -0.2) is 9.97 Å². The highest BCUT2D eigenvalue weighted by Gasteiger charge is 2.12. The molecule has 3 rings (SSSR count). The zero-order chi connectivity index (χ0) is 16.4. The minimum Gasteiger partial charge on any atom is -0.493 e. The van der Waals surface area contributed by atoms with Crippen molar-refractivity contribution in [3.05, 3.63) is 45.6 Å². The van der Waals surface area contributed by atoms with E-state index in [1.165, 1.54) is 6.33 Å². The first-order valence-electron chi connectivity index (χ1n) is 6.72. The molecule has 0 spiro atoms. The molecular weight excluding hydrogens is 426 g/mol. The molecule has 1 aromatic heterocycles. The van der Waals surface area contributed by atoms with Crippen LogP contribution in [0.1, 0.15) is 0 Å². The van der Waals surface area contributed by atoms with Gasteiger partial charge in [0, 0.05) is 15.9 Å². The van der Waals surface area contributed by atoms with E-state index < -0.39 is 0 Å². The van der Waals surface area contributed by atoms with Gasteiger partial charge in [-0.1, -0.05) is 6.07 Å². The molecule has 2 aromatic carbocycles. The van der Waals surface area contributed by atoms with Gasteiger partial charge in [-0.3, -0.25) is 0 Å². The lowest BCUT2D eigenvalue weighted by atomic mass is 10.2. The summed E-state index contributed by atoms with van der Waals surface area (Å²) in [7, 11) is 3.20. The van der Waals surface area contributed by atoms with E-state index in [2.05, 4.69) is 47.1 Å². The van der Waals surface area contributed by atoms with Gasteiger partial charge in [0.1, 0.15) is 12.1 Å². The van der Waals surface area contributed by atoms with Gasteiger partial charge in [-0.05, 0) is 50.1 Å². The molecule has 0 atom stereocenters. The fourth-order valence-corrected chi connectivity index (χ4v) is 2.94. The molecule has 0 unspecified atom stereocenters. The summed E-state index contributed by atoms with van der Waals surface area (Å²) in [4.78, 5) is 8.65. The van der Waals surface area contributed by atoms with Crippen molar-refractivity contribution in [2.45, 2.75) is 0 Å². The lowest BCUT2D eigenvalue weighted by Gasteiger charge is -2.13. The van der Waals surface area contributed by atoms with E-state index in [1.807, 2.05) is 30.3 Å². The molecule has 0 saturated carbocycles. The number of hydrogen-bond acceptors (Lipinski definition) is 5. The maximum Gasteiger partial charge on any atom is 0.162 e. The maximum atomic E-state index is 5.37. The Hall–Kier alpha value is -1.86. The number of rotatable bonds is 4. The molecular formula is C16H13Br2N3O2. The average Bonchev–Trinajstić information content (AvgIpc) is 2.58. The Bertz CT molecular complexity index is 871. The largest absolute Gasteiger partial charge is 0.493 e. The van der Waals surface area contributed by atoms with Crippen molar-refractivity contribution in [2.75, 3.05) is 19.5 Å². The molecule has 118 valence electrons. The van der Waals surface area contributed by atoms with Crippen molar-refractivity contribution in [3.63, 3.8) is 0 Å². The van der Waals surface area contributed by atoms with Crippen LogP contribution in [0.3, 0.4) is 0 Å². The number of nitrogens with one attached hydrogen (secondary N) is 1. The van der Waals surface area contributed by atoms with Crippen LogP contribution in [0.4, 0.5) is 11.5 Å².